The van der Waals surface area contributed by atoms with Gasteiger partial charge in [0.15, 0.2) is 25.7 Å². The summed E-state index contributed by atoms with van der Waals surface area (Å²) in [5.41, 5.74) is 1.05. The summed E-state index contributed by atoms with van der Waals surface area (Å²) < 4.78 is 25.0. The predicted octanol–water partition coefficient (Wildman–Crippen LogP) is 1.80. The molecule has 3 unspecified atom stereocenters. The van der Waals surface area contributed by atoms with Crippen LogP contribution in [0.2, 0.25) is 0 Å². The van der Waals surface area contributed by atoms with Crippen molar-refractivity contribution in [2.24, 2.45) is 0 Å². The number of fused-ring (bicyclic) bond motifs is 1. The Kier molecular flexibility index (Phi) is 8.78. The van der Waals surface area contributed by atoms with Crippen LogP contribution < -0.4 is 5.32 Å². The van der Waals surface area contributed by atoms with E-state index in [1.54, 1.807) is 11.6 Å². The lowest BCUT2D eigenvalue weighted by Gasteiger charge is -2.24. The maximum atomic E-state index is 12.0. The lowest BCUT2D eigenvalue weighted by molar-refractivity contribution is -0.0998. The zero-order chi connectivity index (χ0) is 20.7. The van der Waals surface area contributed by atoms with Crippen molar-refractivity contribution in [1.82, 2.24) is 19.5 Å². The highest BCUT2D eigenvalue weighted by Crippen LogP contribution is 2.33. The summed E-state index contributed by atoms with van der Waals surface area (Å²) in [7, 11) is -0.375. The highest BCUT2D eigenvalue weighted by atomic mass is 31.1. The van der Waals surface area contributed by atoms with Crippen molar-refractivity contribution in [3.8, 4) is 0 Å². The first-order valence-corrected chi connectivity index (χ1v) is 10.8. The van der Waals surface area contributed by atoms with E-state index in [9.17, 15) is 14.8 Å². The van der Waals surface area contributed by atoms with Gasteiger partial charge < -0.3 is 24.8 Å². The topological polar surface area (TPSA) is 132 Å². The number of hydrogen-bond donors (Lipinski definition) is 3. The first-order valence-electron chi connectivity index (χ1n) is 9.39. The number of imidazole rings is 1. The molecule has 0 aliphatic carbocycles. The van der Waals surface area contributed by atoms with Gasteiger partial charge in [-0.25, -0.2) is 15.0 Å². The van der Waals surface area contributed by atoms with Gasteiger partial charge in [-0.15, -0.1) is 0 Å². The van der Waals surface area contributed by atoms with Crippen LogP contribution in [-0.2, 0) is 13.8 Å². The summed E-state index contributed by atoms with van der Waals surface area (Å²) >= 11 is 0. The fourth-order valence-electron chi connectivity index (χ4n) is 2.58. The highest BCUT2D eigenvalue weighted by molar-refractivity contribution is 7.40. The molecule has 0 aliphatic rings. The Morgan fingerprint density at radius 3 is 2.71 bits per heavy atom. The van der Waals surface area contributed by atoms with Crippen LogP contribution in [0.3, 0.4) is 0 Å². The van der Waals surface area contributed by atoms with Gasteiger partial charge in [-0.05, 0) is 19.8 Å². The first kappa shape index (κ1) is 22.7. The first-order chi connectivity index (χ1) is 13.4. The lowest BCUT2D eigenvalue weighted by atomic mass is 10.3. The largest absolute Gasteiger partial charge is 0.394 e. The second-order valence-corrected chi connectivity index (χ2v) is 8.51. The minimum atomic E-state index is -2.10. The van der Waals surface area contributed by atoms with Crippen molar-refractivity contribution < 1.29 is 24.0 Å². The Labute approximate surface area is 165 Å². The molecule has 10 nitrogen and oxygen atoms in total. The molecule has 3 N–H and O–H groups in total. The van der Waals surface area contributed by atoms with Crippen molar-refractivity contribution in [3.63, 3.8) is 0 Å². The van der Waals surface area contributed by atoms with E-state index in [1.165, 1.54) is 12.7 Å². The number of ether oxygens (including phenoxy) is 1. The molecule has 5 atom stereocenters. The van der Waals surface area contributed by atoms with Crippen LogP contribution in [0.1, 0.15) is 39.8 Å². The molecule has 0 saturated carbocycles. The minimum Gasteiger partial charge on any atom is -0.394 e. The molecular formula is C17H30N5O5P. The Morgan fingerprint density at radius 1 is 1.32 bits per heavy atom. The number of nitrogens with zero attached hydrogens (tertiary/aromatic N) is 4. The van der Waals surface area contributed by atoms with Gasteiger partial charge in [-0.1, -0.05) is 13.8 Å². The van der Waals surface area contributed by atoms with Crippen LogP contribution in [-0.4, -0.2) is 67.9 Å². The maximum absolute atomic E-state index is 12.0. The van der Waals surface area contributed by atoms with Crippen molar-refractivity contribution in [1.29, 1.82) is 0 Å². The third-order valence-corrected chi connectivity index (χ3v) is 6.38. The molecule has 0 saturated heterocycles. The number of aliphatic hydroxyl groups is 2. The van der Waals surface area contributed by atoms with E-state index in [1.807, 2.05) is 20.8 Å². The van der Waals surface area contributed by atoms with E-state index < -0.39 is 27.0 Å². The third-order valence-electron chi connectivity index (χ3n) is 4.53. The molecule has 2 aromatic heterocycles. The molecule has 0 spiro atoms. The van der Waals surface area contributed by atoms with E-state index in [-0.39, 0.29) is 18.4 Å². The summed E-state index contributed by atoms with van der Waals surface area (Å²) in [6.45, 7) is 5.47. The van der Waals surface area contributed by atoms with Crippen LogP contribution in [0, 0.1) is 0 Å². The molecule has 158 valence electrons. The van der Waals surface area contributed by atoms with Gasteiger partial charge >= 0.3 is 0 Å². The summed E-state index contributed by atoms with van der Waals surface area (Å²) in [6, 6.07) is 0. The molecule has 0 radical (unpaired) electrons. The van der Waals surface area contributed by atoms with Gasteiger partial charge in [-0.3, -0.25) is 9.13 Å². The second kappa shape index (κ2) is 10.8. The van der Waals surface area contributed by atoms with Crippen molar-refractivity contribution in [3.05, 3.63) is 12.7 Å². The lowest BCUT2D eigenvalue weighted by Crippen LogP contribution is -2.30. The van der Waals surface area contributed by atoms with Crippen LogP contribution in [0.4, 0.5) is 5.82 Å². The molecule has 11 heteroatoms. The summed E-state index contributed by atoms with van der Waals surface area (Å²) in [5, 5.41) is 22.6. The average Bonchev–Trinajstić information content (AvgIpc) is 3.13. The van der Waals surface area contributed by atoms with Crippen molar-refractivity contribution in [2.45, 2.75) is 57.7 Å². The van der Waals surface area contributed by atoms with Gasteiger partial charge in [0, 0.05) is 12.7 Å². The zero-order valence-corrected chi connectivity index (χ0v) is 17.7. The van der Waals surface area contributed by atoms with Crippen molar-refractivity contribution >= 4 is 25.0 Å². The van der Waals surface area contributed by atoms with E-state index in [0.29, 0.717) is 23.4 Å². The van der Waals surface area contributed by atoms with E-state index in [0.717, 1.165) is 6.42 Å². The standard InChI is InChI=1S/C17H30N5O5P/c1-5-12(3)28(25)27-11(2)6-7-26-17(13(24)8-23)22-10-21-14-15(18-4)19-9-20-16(14)22/h9-13,17,23-24,28H,5-8H2,1-4H3,(H,18,19,20)/t11?,12-,13-,17?/m1/s1. The molecule has 0 amide bonds. The number of nitrogens with one attached hydrogen (secondary N) is 1. The molecule has 0 fully saturated rings. The molecule has 2 rings (SSSR count). The molecule has 2 aromatic rings. The molecule has 0 aromatic carbocycles. The van der Waals surface area contributed by atoms with E-state index >= 15 is 0 Å². The third kappa shape index (κ3) is 5.48. The van der Waals surface area contributed by atoms with Crippen LogP contribution >= 0.6 is 8.03 Å². The second-order valence-electron chi connectivity index (χ2n) is 6.65. The number of aliphatic hydroxyl groups excluding tert-OH is 2. The zero-order valence-electron chi connectivity index (χ0n) is 16.7. The smallest absolute Gasteiger partial charge is 0.194 e. The SMILES string of the molecule is CC[C@@H](C)[PH](=O)OC(C)CCOC([C@H](O)CO)n1cnc2c(NC)ncnc21. The van der Waals surface area contributed by atoms with Crippen molar-refractivity contribution in [2.75, 3.05) is 25.6 Å². The molecule has 28 heavy (non-hydrogen) atoms. The van der Waals surface area contributed by atoms with Crippen LogP contribution in [0.15, 0.2) is 12.7 Å². The summed E-state index contributed by atoms with van der Waals surface area (Å²) in [4.78, 5) is 12.6. The van der Waals surface area contributed by atoms with E-state index in [2.05, 4.69) is 20.3 Å². The summed E-state index contributed by atoms with van der Waals surface area (Å²) in [5.74, 6) is 0.554. The number of hydrogen-bond acceptors (Lipinski definition) is 9. The monoisotopic (exact) mass is 415 g/mol. The van der Waals surface area contributed by atoms with Crippen LogP contribution in [0.5, 0.6) is 0 Å². The highest BCUT2D eigenvalue weighted by Gasteiger charge is 2.25. The maximum Gasteiger partial charge on any atom is 0.194 e. The van der Waals surface area contributed by atoms with Gasteiger partial charge in [0.25, 0.3) is 0 Å². The van der Waals surface area contributed by atoms with E-state index in [4.69, 9.17) is 9.26 Å². The Balaban J connectivity index is 2.06. The molecule has 2 heterocycles. The quantitative estimate of drug-likeness (QED) is 0.444. The fraction of sp³-hybridized carbons (Fsp3) is 0.706. The Hall–Kier alpha value is -1.58. The van der Waals surface area contributed by atoms with Gasteiger partial charge in [-0.2, -0.15) is 0 Å². The minimum absolute atomic E-state index is 0.0377. The Morgan fingerprint density at radius 2 is 2.07 bits per heavy atom. The number of rotatable bonds is 12. The Bertz CT molecular complexity index is 773. The van der Waals surface area contributed by atoms with Gasteiger partial charge in [0.2, 0.25) is 0 Å². The number of anilines is 1. The van der Waals surface area contributed by atoms with Crippen LogP contribution in [0.25, 0.3) is 11.2 Å². The fourth-order valence-corrected chi connectivity index (χ4v) is 3.66. The average molecular weight is 415 g/mol. The molecular weight excluding hydrogens is 385 g/mol. The number of aromatic nitrogens is 4. The molecule has 0 bridgehead atoms. The van der Waals surface area contributed by atoms with Gasteiger partial charge in [0.05, 0.1) is 25.6 Å². The normalized spacial score (nSPS) is 17.2. The summed E-state index contributed by atoms with van der Waals surface area (Å²) in [6.07, 6.45) is 1.88. The predicted molar refractivity (Wildman–Crippen MR) is 107 cm³/mol. The van der Waals surface area contributed by atoms with Gasteiger partial charge in [0.1, 0.15) is 17.9 Å². The molecule has 0 aliphatic heterocycles.